The average Bonchev–Trinajstić information content (AvgIpc) is 1.82. The third kappa shape index (κ3) is 1.46. The standard InChI is InChI=1S/C6H13NO3/c1-3-6(9)4(7)2-5(8)10-3/h3-6,8-9H,2,7H2,1H3/t3-,4-,5?,6+/m0/s1. The molecule has 60 valence electrons. The highest BCUT2D eigenvalue weighted by molar-refractivity contribution is 4.82. The lowest BCUT2D eigenvalue weighted by atomic mass is 10.0. The molecule has 0 amide bonds. The van der Waals surface area contributed by atoms with E-state index < -0.39 is 12.4 Å². The van der Waals surface area contributed by atoms with E-state index in [1.165, 1.54) is 0 Å². The Morgan fingerprint density at radius 3 is 2.60 bits per heavy atom. The first-order chi connectivity index (χ1) is 4.61. The van der Waals surface area contributed by atoms with Gasteiger partial charge in [-0.1, -0.05) is 0 Å². The van der Waals surface area contributed by atoms with Crippen molar-refractivity contribution in [2.75, 3.05) is 0 Å². The molecule has 1 aliphatic heterocycles. The zero-order valence-corrected chi connectivity index (χ0v) is 5.90. The monoisotopic (exact) mass is 147 g/mol. The maximum atomic E-state index is 9.20. The fraction of sp³-hybridized carbons (Fsp3) is 1.00. The maximum Gasteiger partial charge on any atom is 0.156 e. The molecule has 0 spiro atoms. The fourth-order valence-electron chi connectivity index (χ4n) is 1.10. The van der Waals surface area contributed by atoms with Crippen molar-refractivity contribution in [3.63, 3.8) is 0 Å². The number of aliphatic hydroxyl groups excluding tert-OH is 2. The van der Waals surface area contributed by atoms with Crippen LogP contribution in [0.4, 0.5) is 0 Å². The Labute approximate surface area is 59.6 Å². The van der Waals surface area contributed by atoms with Crippen molar-refractivity contribution in [1.29, 1.82) is 0 Å². The molecule has 1 saturated heterocycles. The molecule has 0 aromatic rings. The Hall–Kier alpha value is -0.160. The van der Waals surface area contributed by atoms with Crippen LogP contribution in [-0.2, 0) is 4.74 Å². The van der Waals surface area contributed by atoms with Crippen molar-refractivity contribution >= 4 is 0 Å². The van der Waals surface area contributed by atoms with Gasteiger partial charge in [0, 0.05) is 12.5 Å². The molecular weight excluding hydrogens is 134 g/mol. The average molecular weight is 147 g/mol. The normalized spacial score (nSPS) is 49.2. The Balaban J connectivity index is 2.49. The van der Waals surface area contributed by atoms with E-state index in [1.54, 1.807) is 6.92 Å². The number of nitrogens with two attached hydrogens (primary N) is 1. The second-order valence-electron chi connectivity index (χ2n) is 2.69. The molecule has 4 nitrogen and oxygen atoms in total. The van der Waals surface area contributed by atoms with Crippen LogP contribution in [0.25, 0.3) is 0 Å². The van der Waals surface area contributed by atoms with Gasteiger partial charge in [0.1, 0.15) is 0 Å². The maximum absolute atomic E-state index is 9.20. The molecule has 0 bridgehead atoms. The third-order valence-electron chi connectivity index (χ3n) is 1.77. The van der Waals surface area contributed by atoms with Gasteiger partial charge >= 0.3 is 0 Å². The van der Waals surface area contributed by atoms with Crippen LogP contribution in [0.1, 0.15) is 13.3 Å². The van der Waals surface area contributed by atoms with Gasteiger partial charge in [-0.25, -0.2) is 0 Å². The topological polar surface area (TPSA) is 75.7 Å². The Bertz CT molecular complexity index is 108. The summed E-state index contributed by atoms with van der Waals surface area (Å²) in [7, 11) is 0. The van der Waals surface area contributed by atoms with E-state index >= 15 is 0 Å². The van der Waals surface area contributed by atoms with Crippen molar-refractivity contribution in [3.8, 4) is 0 Å². The molecule has 4 atom stereocenters. The van der Waals surface area contributed by atoms with Gasteiger partial charge in [0.15, 0.2) is 6.29 Å². The van der Waals surface area contributed by atoms with Gasteiger partial charge in [0.2, 0.25) is 0 Å². The second-order valence-corrected chi connectivity index (χ2v) is 2.69. The lowest BCUT2D eigenvalue weighted by Crippen LogP contribution is -2.51. The lowest BCUT2D eigenvalue weighted by molar-refractivity contribution is -0.198. The molecule has 1 unspecified atom stereocenters. The van der Waals surface area contributed by atoms with E-state index in [0.29, 0.717) is 6.42 Å². The molecule has 1 heterocycles. The molecule has 1 fully saturated rings. The van der Waals surface area contributed by atoms with Gasteiger partial charge in [-0.05, 0) is 6.92 Å². The van der Waals surface area contributed by atoms with Gasteiger partial charge in [0.25, 0.3) is 0 Å². The molecule has 1 aliphatic rings. The summed E-state index contributed by atoms with van der Waals surface area (Å²) in [5.74, 6) is 0. The summed E-state index contributed by atoms with van der Waals surface area (Å²) in [6, 6.07) is -0.362. The predicted octanol–water partition coefficient (Wildman–Crippen LogP) is -1.20. The highest BCUT2D eigenvalue weighted by Gasteiger charge is 2.31. The molecule has 1 rings (SSSR count). The number of aliphatic hydroxyl groups is 2. The summed E-state index contributed by atoms with van der Waals surface area (Å²) in [5.41, 5.74) is 5.47. The minimum Gasteiger partial charge on any atom is -0.389 e. The van der Waals surface area contributed by atoms with E-state index in [4.69, 9.17) is 15.6 Å². The molecule has 4 N–H and O–H groups in total. The fourth-order valence-corrected chi connectivity index (χ4v) is 1.10. The SMILES string of the molecule is C[C@@H]1OC(O)C[C@H](N)[C@@H]1O. The van der Waals surface area contributed by atoms with Crippen molar-refractivity contribution in [2.45, 2.75) is 37.9 Å². The third-order valence-corrected chi connectivity index (χ3v) is 1.77. The Kier molecular flexibility index (Phi) is 2.25. The first-order valence-corrected chi connectivity index (χ1v) is 3.38. The minimum atomic E-state index is -0.812. The van der Waals surface area contributed by atoms with E-state index in [-0.39, 0.29) is 12.1 Å². The Morgan fingerprint density at radius 1 is 1.50 bits per heavy atom. The molecule has 0 radical (unpaired) electrons. The van der Waals surface area contributed by atoms with Crippen LogP contribution in [0.2, 0.25) is 0 Å². The number of hydrogen-bond acceptors (Lipinski definition) is 4. The molecule has 0 aliphatic carbocycles. The van der Waals surface area contributed by atoms with Crippen LogP contribution < -0.4 is 5.73 Å². The summed E-state index contributed by atoms with van der Waals surface area (Å²) >= 11 is 0. The van der Waals surface area contributed by atoms with Crippen LogP contribution in [0.3, 0.4) is 0 Å². The number of ether oxygens (including phenoxy) is 1. The molecule has 4 heteroatoms. The predicted molar refractivity (Wildman–Crippen MR) is 35.2 cm³/mol. The van der Waals surface area contributed by atoms with E-state index in [1.807, 2.05) is 0 Å². The first kappa shape index (κ1) is 7.94. The molecule has 0 aromatic carbocycles. The smallest absolute Gasteiger partial charge is 0.156 e. The molecule has 10 heavy (non-hydrogen) atoms. The largest absolute Gasteiger partial charge is 0.389 e. The van der Waals surface area contributed by atoms with Crippen LogP contribution in [0, 0.1) is 0 Å². The zero-order chi connectivity index (χ0) is 7.72. The van der Waals surface area contributed by atoms with Crippen LogP contribution >= 0.6 is 0 Å². The molecular formula is C6H13NO3. The van der Waals surface area contributed by atoms with E-state index in [2.05, 4.69) is 0 Å². The van der Waals surface area contributed by atoms with Gasteiger partial charge in [0.05, 0.1) is 12.2 Å². The lowest BCUT2D eigenvalue weighted by Gasteiger charge is -2.33. The molecule has 0 aromatic heterocycles. The summed E-state index contributed by atoms with van der Waals surface area (Å²) in [4.78, 5) is 0. The highest BCUT2D eigenvalue weighted by Crippen LogP contribution is 2.16. The van der Waals surface area contributed by atoms with Gasteiger partial charge in [-0.2, -0.15) is 0 Å². The summed E-state index contributed by atoms with van der Waals surface area (Å²) in [5, 5.41) is 18.2. The van der Waals surface area contributed by atoms with E-state index in [0.717, 1.165) is 0 Å². The zero-order valence-electron chi connectivity index (χ0n) is 5.90. The van der Waals surface area contributed by atoms with Gasteiger partial charge in [-0.3, -0.25) is 0 Å². The van der Waals surface area contributed by atoms with Crippen LogP contribution in [0.5, 0.6) is 0 Å². The minimum absolute atomic E-state index is 0.311. The van der Waals surface area contributed by atoms with Crippen LogP contribution in [0.15, 0.2) is 0 Å². The summed E-state index contributed by atoms with van der Waals surface area (Å²) in [6.45, 7) is 1.69. The Morgan fingerprint density at radius 2 is 2.10 bits per heavy atom. The van der Waals surface area contributed by atoms with Crippen molar-refractivity contribution in [1.82, 2.24) is 0 Å². The van der Waals surface area contributed by atoms with Crippen LogP contribution in [-0.4, -0.2) is 34.8 Å². The number of hydrogen-bond donors (Lipinski definition) is 3. The second kappa shape index (κ2) is 2.84. The highest BCUT2D eigenvalue weighted by atomic mass is 16.6. The summed E-state index contributed by atoms with van der Waals surface area (Å²) in [6.07, 6.45) is -1.51. The van der Waals surface area contributed by atoms with Crippen molar-refractivity contribution < 1.29 is 14.9 Å². The van der Waals surface area contributed by atoms with Gasteiger partial charge in [-0.15, -0.1) is 0 Å². The molecule has 0 saturated carbocycles. The summed E-state index contributed by atoms with van der Waals surface area (Å²) < 4.78 is 4.89. The number of rotatable bonds is 0. The quantitative estimate of drug-likeness (QED) is 0.402. The van der Waals surface area contributed by atoms with Crippen molar-refractivity contribution in [3.05, 3.63) is 0 Å². The van der Waals surface area contributed by atoms with Crippen molar-refractivity contribution in [2.24, 2.45) is 5.73 Å². The van der Waals surface area contributed by atoms with Gasteiger partial charge < -0.3 is 20.7 Å². The van der Waals surface area contributed by atoms with E-state index in [9.17, 15) is 5.11 Å². The first-order valence-electron chi connectivity index (χ1n) is 3.38.